The van der Waals surface area contributed by atoms with E-state index >= 15 is 0 Å². The van der Waals surface area contributed by atoms with Gasteiger partial charge < -0.3 is 18.4 Å². The maximum Gasteiger partial charge on any atom is 0.136 e. The maximum atomic E-state index is 6.38. The van der Waals surface area contributed by atoms with E-state index in [9.17, 15) is 0 Å². The van der Waals surface area contributed by atoms with Gasteiger partial charge in [-0.3, -0.25) is 0 Å². The minimum Gasteiger partial charge on any atom is -0.456 e. The Balaban J connectivity index is 0.915. The van der Waals surface area contributed by atoms with Gasteiger partial charge in [0.25, 0.3) is 0 Å². The molecule has 320 valence electrons. The Morgan fingerprint density at radius 2 is 1.04 bits per heavy atom. The van der Waals surface area contributed by atoms with Gasteiger partial charge in [0.15, 0.2) is 0 Å². The Kier molecular flexibility index (Phi) is 7.59. The molecule has 0 spiro atoms. The normalized spacial score (nSPS) is 14.1. The number of rotatable bonds is 4. The van der Waals surface area contributed by atoms with Crippen LogP contribution >= 0.6 is 0 Å². The molecule has 0 saturated heterocycles. The lowest BCUT2D eigenvalue weighted by molar-refractivity contribution is 0.661. The van der Waals surface area contributed by atoms with Gasteiger partial charge in [-0.05, 0) is 141 Å². The first kappa shape index (κ1) is 37.6. The monoisotopic (exact) mass is 870 g/mol. The number of H-pyrrole nitrogens is 1. The van der Waals surface area contributed by atoms with Crippen molar-refractivity contribution in [1.82, 2.24) is 9.55 Å². The zero-order valence-electron chi connectivity index (χ0n) is 37.5. The highest BCUT2D eigenvalue weighted by atomic mass is 16.3. The highest BCUT2D eigenvalue weighted by Crippen LogP contribution is 2.49. The van der Waals surface area contributed by atoms with Crippen LogP contribution in [-0.4, -0.2) is 9.55 Å². The van der Waals surface area contributed by atoms with Crippen molar-refractivity contribution in [2.24, 2.45) is 0 Å². The molecule has 68 heavy (non-hydrogen) atoms. The van der Waals surface area contributed by atoms with Gasteiger partial charge in [-0.1, -0.05) is 135 Å². The predicted octanol–water partition coefficient (Wildman–Crippen LogP) is 15.8. The summed E-state index contributed by atoms with van der Waals surface area (Å²) in [6.07, 6.45) is 7.97. The molecule has 4 heteroatoms. The molecule has 15 rings (SSSR count). The van der Waals surface area contributed by atoms with E-state index < -0.39 is 0 Å². The molecule has 9 aromatic carbocycles. The quantitative estimate of drug-likeness (QED) is 0.192. The third-order valence-corrected chi connectivity index (χ3v) is 15.2. The Labute approximate surface area is 391 Å². The Morgan fingerprint density at radius 3 is 1.76 bits per heavy atom. The molecule has 0 radical (unpaired) electrons. The fourth-order valence-corrected chi connectivity index (χ4v) is 11.9. The van der Waals surface area contributed by atoms with Gasteiger partial charge in [-0.15, -0.1) is 0 Å². The number of para-hydroxylation sites is 2. The van der Waals surface area contributed by atoms with Gasteiger partial charge in [0.05, 0.1) is 11.0 Å². The van der Waals surface area contributed by atoms with Crippen LogP contribution in [0.1, 0.15) is 37.0 Å². The number of nitrogens with zero attached hydrogens (tertiary/aromatic N) is 1. The molecular weight excluding hydrogens is 829 g/mol. The van der Waals surface area contributed by atoms with E-state index in [0.29, 0.717) is 0 Å². The summed E-state index contributed by atoms with van der Waals surface area (Å²) in [5.74, 6) is 0. The minimum absolute atomic E-state index is 0.0549. The van der Waals surface area contributed by atoms with Crippen molar-refractivity contribution in [3.63, 3.8) is 0 Å². The zero-order chi connectivity index (χ0) is 44.8. The third-order valence-electron chi connectivity index (χ3n) is 15.2. The van der Waals surface area contributed by atoms with Crippen LogP contribution < -0.4 is 10.6 Å². The molecular formula is C64H42N2O2. The van der Waals surface area contributed by atoms with Crippen molar-refractivity contribution in [2.75, 3.05) is 0 Å². The molecule has 4 nitrogen and oxygen atoms in total. The number of aromatic amines is 1. The molecule has 1 N–H and O–H groups in total. The summed E-state index contributed by atoms with van der Waals surface area (Å²) in [5.41, 5.74) is 20.7. The van der Waals surface area contributed by atoms with Crippen LogP contribution in [0.15, 0.2) is 197 Å². The summed E-state index contributed by atoms with van der Waals surface area (Å²) in [6.45, 7) is 4.71. The summed E-state index contributed by atoms with van der Waals surface area (Å²) < 4.78 is 15.1. The molecule has 0 bridgehead atoms. The second-order valence-electron chi connectivity index (χ2n) is 19.2. The third kappa shape index (κ3) is 5.26. The SMILES string of the molecule is CC1(C)c2ccccc2-c2cc3c4c([nH]c3cc21)=CCC=C(c1ccc2c(c1)c1cc(-c3cccc5oc6ccccc6c35)ccc1n2-c1ccc(-c2cccc3oc5ccccc5c23)cc1)C=4. The van der Waals surface area contributed by atoms with Gasteiger partial charge in [-0.25, -0.2) is 0 Å². The van der Waals surface area contributed by atoms with Crippen molar-refractivity contribution in [1.29, 1.82) is 0 Å². The molecule has 0 saturated carbocycles. The van der Waals surface area contributed by atoms with E-state index in [4.69, 9.17) is 8.83 Å². The first-order valence-corrected chi connectivity index (χ1v) is 23.6. The van der Waals surface area contributed by atoms with Gasteiger partial charge in [0.2, 0.25) is 0 Å². The fourth-order valence-electron chi connectivity index (χ4n) is 11.9. The zero-order valence-corrected chi connectivity index (χ0v) is 37.5. The summed E-state index contributed by atoms with van der Waals surface area (Å²) in [6, 6.07) is 66.3. The predicted molar refractivity (Wildman–Crippen MR) is 283 cm³/mol. The van der Waals surface area contributed by atoms with Crippen LogP contribution in [0.25, 0.3) is 133 Å². The summed E-state index contributed by atoms with van der Waals surface area (Å²) in [4.78, 5) is 3.84. The van der Waals surface area contributed by atoms with Crippen molar-refractivity contribution in [3.05, 3.63) is 215 Å². The van der Waals surface area contributed by atoms with Crippen molar-refractivity contribution >= 4 is 94.3 Å². The topological polar surface area (TPSA) is 47.0 Å². The fraction of sp³-hybridized carbons (Fsp3) is 0.0625. The number of aromatic nitrogens is 2. The average Bonchev–Trinajstić information content (AvgIpc) is 4.14. The van der Waals surface area contributed by atoms with Crippen molar-refractivity contribution in [2.45, 2.75) is 25.7 Å². The number of nitrogens with one attached hydrogen (secondary N) is 1. The van der Waals surface area contributed by atoms with Crippen LogP contribution in [-0.2, 0) is 5.41 Å². The van der Waals surface area contributed by atoms with E-state index in [-0.39, 0.29) is 5.41 Å². The Morgan fingerprint density at radius 1 is 0.456 bits per heavy atom. The number of furan rings is 2. The van der Waals surface area contributed by atoms with E-state index in [1.165, 1.54) is 65.6 Å². The summed E-state index contributed by atoms with van der Waals surface area (Å²) >= 11 is 0. The van der Waals surface area contributed by atoms with Gasteiger partial charge in [0, 0.05) is 64.9 Å². The lowest BCUT2D eigenvalue weighted by atomic mass is 9.82. The average molecular weight is 871 g/mol. The van der Waals surface area contributed by atoms with Gasteiger partial charge in [-0.2, -0.15) is 0 Å². The standard InChI is InChI=1S/C64H42N2O2/c1-64(2)52-18-6-3-13-44(52)47-35-49-48-32-38(12-9-19-54(48)65-55(49)36-53(47)64)39-26-30-56-50(33-39)51-34-40(43-17-11-23-61-63(43)46-15-5-8-21-59(46)68-61)27-31-57(51)66(56)41-28-24-37(25-29-41)42-16-10-22-60-62(42)45-14-4-7-20-58(45)67-60/h3-8,10-36,65H,9H2,1-2H3. The minimum atomic E-state index is -0.0549. The maximum absolute atomic E-state index is 6.38. The largest absolute Gasteiger partial charge is 0.456 e. The molecule has 0 unspecified atom stereocenters. The van der Waals surface area contributed by atoms with Gasteiger partial charge in [0.1, 0.15) is 22.3 Å². The first-order valence-electron chi connectivity index (χ1n) is 23.6. The number of benzene rings is 9. The molecule has 2 aliphatic rings. The summed E-state index contributed by atoms with van der Waals surface area (Å²) in [7, 11) is 0. The lowest BCUT2D eigenvalue weighted by Gasteiger charge is -2.21. The number of fused-ring (bicyclic) bond motifs is 15. The Hall–Kier alpha value is -8.60. The van der Waals surface area contributed by atoms with Gasteiger partial charge >= 0.3 is 0 Å². The second-order valence-corrected chi connectivity index (χ2v) is 19.2. The van der Waals surface area contributed by atoms with E-state index in [1.807, 2.05) is 18.2 Å². The second kappa shape index (κ2) is 13.7. The van der Waals surface area contributed by atoms with Crippen LogP contribution in [0.5, 0.6) is 0 Å². The van der Waals surface area contributed by atoms with Crippen LogP contribution in [0.4, 0.5) is 0 Å². The molecule has 2 aliphatic carbocycles. The van der Waals surface area contributed by atoms with Crippen molar-refractivity contribution in [3.8, 4) is 39.1 Å². The van der Waals surface area contributed by atoms with Crippen LogP contribution in [0.3, 0.4) is 0 Å². The molecule has 13 aromatic rings. The van der Waals surface area contributed by atoms with E-state index in [0.717, 1.165) is 89.3 Å². The highest BCUT2D eigenvalue weighted by molar-refractivity contribution is 6.16. The van der Waals surface area contributed by atoms with Crippen molar-refractivity contribution < 1.29 is 8.83 Å². The molecule has 0 aliphatic heterocycles. The molecule has 0 fully saturated rings. The molecule has 0 atom stereocenters. The van der Waals surface area contributed by atoms with E-state index in [2.05, 4.69) is 205 Å². The van der Waals surface area contributed by atoms with E-state index in [1.54, 1.807) is 0 Å². The first-order chi connectivity index (χ1) is 33.4. The summed E-state index contributed by atoms with van der Waals surface area (Å²) in [5, 5.41) is 10.7. The van der Waals surface area contributed by atoms with Crippen LogP contribution in [0, 0.1) is 0 Å². The molecule has 0 amide bonds. The highest BCUT2D eigenvalue weighted by Gasteiger charge is 2.35. The number of allylic oxidation sites excluding steroid dienone is 2. The molecule has 4 heterocycles. The number of hydrogen-bond acceptors (Lipinski definition) is 2. The molecule has 4 aromatic heterocycles. The Bertz CT molecular complexity index is 4490. The smallest absolute Gasteiger partial charge is 0.136 e. The van der Waals surface area contributed by atoms with Crippen LogP contribution in [0.2, 0.25) is 0 Å². The lowest BCUT2D eigenvalue weighted by Crippen LogP contribution is -2.21. The number of hydrogen-bond donors (Lipinski definition) is 1.